The lowest BCUT2D eigenvalue weighted by Gasteiger charge is -2.38. The molecule has 0 aromatic rings. The van der Waals surface area contributed by atoms with Gasteiger partial charge in [-0.05, 0) is 52.4 Å². The third-order valence-electron chi connectivity index (χ3n) is 4.16. The van der Waals surface area contributed by atoms with Crippen molar-refractivity contribution in [2.45, 2.75) is 63.6 Å². The predicted octanol–water partition coefficient (Wildman–Crippen LogP) is 2.95. The van der Waals surface area contributed by atoms with E-state index in [1.54, 1.807) is 4.90 Å². The fourth-order valence-electron chi connectivity index (χ4n) is 3.29. The highest BCUT2D eigenvalue weighted by Crippen LogP contribution is 2.55. The molecule has 1 aliphatic heterocycles. The highest BCUT2D eigenvalue weighted by atomic mass is 35.5. The Labute approximate surface area is 130 Å². The van der Waals surface area contributed by atoms with Crippen molar-refractivity contribution in [3.8, 4) is 0 Å². The Morgan fingerprint density at radius 3 is 2.57 bits per heavy atom. The van der Waals surface area contributed by atoms with Gasteiger partial charge in [0.05, 0.1) is 7.11 Å². The van der Waals surface area contributed by atoms with Gasteiger partial charge in [-0.1, -0.05) is 0 Å². The van der Waals surface area contributed by atoms with Crippen LogP contribution in [0, 0.1) is 5.92 Å². The maximum Gasteiger partial charge on any atom is 0.411 e. The van der Waals surface area contributed by atoms with Gasteiger partial charge in [0.2, 0.25) is 0 Å². The van der Waals surface area contributed by atoms with E-state index in [1.165, 1.54) is 7.11 Å². The Balaban J connectivity index is 2.25. The molecule has 5 nitrogen and oxygen atoms in total. The second-order valence-corrected chi connectivity index (χ2v) is 7.31. The summed E-state index contributed by atoms with van der Waals surface area (Å²) in [6.07, 6.45) is 2.36. The van der Waals surface area contributed by atoms with E-state index in [1.807, 2.05) is 20.8 Å². The lowest BCUT2D eigenvalue weighted by Crippen LogP contribution is -2.56. The minimum atomic E-state index is -0.903. The number of ether oxygens (including phenoxy) is 2. The number of rotatable bonds is 4. The van der Waals surface area contributed by atoms with E-state index in [4.69, 9.17) is 21.1 Å². The number of likely N-dealkylation sites (tertiary alicyclic amines) is 1. The monoisotopic (exact) mass is 317 g/mol. The van der Waals surface area contributed by atoms with Crippen LogP contribution < -0.4 is 0 Å². The molecule has 120 valence electrons. The van der Waals surface area contributed by atoms with Crippen LogP contribution in [0.2, 0.25) is 0 Å². The minimum absolute atomic E-state index is 0.106. The van der Waals surface area contributed by atoms with Gasteiger partial charge in [-0.3, -0.25) is 4.90 Å². The Morgan fingerprint density at radius 2 is 2.05 bits per heavy atom. The zero-order valence-corrected chi connectivity index (χ0v) is 13.9. The fraction of sp³-hybridized carbons (Fsp3) is 0.867. The van der Waals surface area contributed by atoms with Crippen LogP contribution >= 0.6 is 11.6 Å². The van der Waals surface area contributed by atoms with Gasteiger partial charge in [-0.2, -0.15) is 0 Å². The van der Waals surface area contributed by atoms with Crippen molar-refractivity contribution in [1.29, 1.82) is 0 Å². The molecule has 0 spiro atoms. The van der Waals surface area contributed by atoms with Crippen molar-refractivity contribution >= 4 is 23.7 Å². The summed E-state index contributed by atoms with van der Waals surface area (Å²) in [5.41, 5.74) is -1.49. The average molecular weight is 318 g/mol. The molecule has 21 heavy (non-hydrogen) atoms. The van der Waals surface area contributed by atoms with Crippen molar-refractivity contribution in [3.05, 3.63) is 0 Å². The number of carbonyl (C=O) groups excluding carboxylic acids is 2. The SMILES string of the molecule is COC(=O)[C@]1(CCCCl)C[C@H]2C[C@H]2N1C(=O)OC(C)(C)C. The summed E-state index contributed by atoms with van der Waals surface area (Å²) in [7, 11) is 1.36. The summed E-state index contributed by atoms with van der Waals surface area (Å²) < 4.78 is 10.5. The van der Waals surface area contributed by atoms with E-state index < -0.39 is 17.2 Å². The summed E-state index contributed by atoms with van der Waals surface area (Å²) in [5, 5.41) is 0. The van der Waals surface area contributed by atoms with Crippen LogP contribution in [0.1, 0.15) is 46.5 Å². The maximum atomic E-state index is 12.6. The molecule has 0 aromatic heterocycles. The number of piperidine rings is 1. The Hall–Kier alpha value is -0.970. The molecule has 0 unspecified atom stereocenters. The van der Waals surface area contributed by atoms with Crippen molar-refractivity contribution in [2.75, 3.05) is 13.0 Å². The van der Waals surface area contributed by atoms with E-state index >= 15 is 0 Å². The number of alkyl halides is 1. The van der Waals surface area contributed by atoms with Crippen LogP contribution in [0.4, 0.5) is 4.79 Å². The van der Waals surface area contributed by atoms with Crippen molar-refractivity contribution in [1.82, 2.24) is 4.90 Å². The van der Waals surface area contributed by atoms with Crippen molar-refractivity contribution in [3.63, 3.8) is 0 Å². The van der Waals surface area contributed by atoms with E-state index in [0.717, 1.165) is 6.42 Å². The molecule has 6 heteroatoms. The van der Waals surface area contributed by atoms with Crippen LogP contribution in [0.3, 0.4) is 0 Å². The second kappa shape index (κ2) is 5.67. The van der Waals surface area contributed by atoms with Gasteiger partial charge in [-0.15, -0.1) is 11.6 Å². The molecule has 1 heterocycles. The van der Waals surface area contributed by atoms with Gasteiger partial charge in [0.1, 0.15) is 11.1 Å². The molecular weight excluding hydrogens is 294 g/mol. The summed E-state index contributed by atoms with van der Waals surface area (Å²) in [4.78, 5) is 26.6. The van der Waals surface area contributed by atoms with E-state index in [0.29, 0.717) is 31.1 Å². The first kappa shape index (κ1) is 16.4. The number of fused-ring (bicyclic) bond motifs is 1. The van der Waals surface area contributed by atoms with Gasteiger partial charge in [0.15, 0.2) is 0 Å². The zero-order chi connectivity index (χ0) is 15.8. The predicted molar refractivity (Wildman–Crippen MR) is 79.3 cm³/mol. The normalized spacial score (nSPS) is 30.8. The molecule has 2 aliphatic rings. The molecule has 1 saturated heterocycles. The summed E-state index contributed by atoms with van der Waals surface area (Å²) in [6.45, 7) is 5.47. The Kier molecular flexibility index (Phi) is 4.43. The minimum Gasteiger partial charge on any atom is -0.467 e. The molecule has 2 fully saturated rings. The van der Waals surface area contributed by atoms with Gasteiger partial charge < -0.3 is 9.47 Å². The molecule has 0 radical (unpaired) electrons. The first-order valence-corrected chi connectivity index (χ1v) is 7.95. The molecule has 1 aliphatic carbocycles. The van der Waals surface area contributed by atoms with Gasteiger partial charge in [-0.25, -0.2) is 9.59 Å². The highest BCUT2D eigenvalue weighted by molar-refractivity contribution is 6.17. The summed E-state index contributed by atoms with van der Waals surface area (Å²) in [6, 6.07) is 0.106. The van der Waals surface area contributed by atoms with Crippen molar-refractivity contribution in [2.24, 2.45) is 5.92 Å². The molecular formula is C15H24ClNO4. The molecule has 2 rings (SSSR count). The van der Waals surface area contributed by atoms with Gasteiger partial charge in [0.25, 0.3) is 0 Å². The number of hydrogen-bond donors (Lipinski definition) is 0. The van der Waals surface area contributed by atoms with E-state index in [9.17, 15) is 9.59 Å². The van der Waals surface area contributed by atoms with Crippen molar-refractivity contribution < 1.29 is 19.1 Å². The smallest absolute Gasteiger partial charge is 0.411 e. The first-order valence-electron chi connectivity index (χ1n) is 7.42. The van der Waals surface area contributed by atoms with Crippen LogP contribution in [0.5, 0.6) is 0 Å². The van der Waals surface area contributed by atoms with E-state index in [-0.39, 0.29) is 12.0 Å². The molecule has 0 aromatic carbocycles. The molecule has 1 saturated carbocycles. The number of carbonyl (C=O) groups is 2. The first-order chi connectivity index (χ1) is 9.75. The molecule has 0 bridgehead atoms. The largest absolute Gasteiger partial charge is 0.467 e. The zero-order valence-electron chi connectivity index (χ0n) is 13.1. The number of amides is 1. The third-order valence-corrected chi connectivity index (χ3v) is 4.42. The Morgan fingerprint density at radius 1 is 1.38 bits per heavy atom. The lowest BCUT2D eigenvalue weighted by atomic mass is 9.88. The van der Waals surface area contributed by atoms with Crippen LogP contribution in [-0.4, -0.2) is 47.1 Å². The van der Waals surface area contributed by atoms with Crippen LogP contribution in [-0.2, 0) is 14.3 Å². The topological polar surface area (TPSA) is 55.8 Å². The lowest BCUT2D eigenvalue weighted by molar-refractivity contribution is -0.155. The summed E-state index contributed by atoms with van der Waals surface area (Å²) >= 11 is 5.78. The average Bonchev–Trinajstić information content (AvgIpc) is 3.04. The number of nitrogens with zero attached hydrogens (tertiary/aromatic N) is 1. The van der Waals surface area contributed by atoms with Gasteiger partial charge >= 0.3 is 12.1 Å². The molecule has 3 atom stereocenters. The number of methoxy groups -OCH3 is 1. The Bertz CT molecular complexity index is 434. The van der Waals surface area contributed by atoms with Gasteiger partial charge in [0, 0.05) is 11.9 Å². The standard InChI is InChI=1S/C15H24ClNO4/c1-14(2,3)21-13(19)17-11-8-10(11)9-15(17,6-5-7-16)12(18)20-4/h10-11H,5-9H2,1-4H3/t10-,11-,15+/m1/s1. The highest BCUT2D eigenvalue weighted by Gasteiger charge is 2.65. The van der Waals surface area contributed by atoms with Crippen LogP contribution in [0.15, 0.2) is 0 Å². The molecule has 1 amide bonds. The fourth-order valence-corrected chi connectivity index (χ4v) is 3.43. The number of halogens is 1. The maximum absolute atomic E-state index is 12.6. The van der Waals surface area contributed by atoms with Crippen LogP contribution in [0.25, 0.3) is 0 Å². The second-order valence-electron chi connectivity index (χ2n) is 6.93. The summed E-state index contributed by atoms with van der Waals surface area (Å²) in [5.74, 6) is 0.480. The third kappa shape index (κ3) is 3.12. The quantitative estimate of drug-likeness (QED) is 0.591. The number of hydrogen-bond acceptors (Lipinski definition) is 4. The molecule has 0 N–H and O–H groups in total. The number of esters is 1. The van der Waals surface area contributed by atoms with E-state index in [2.05, 4.69) is 0 Å².